The van der Waals surface area contributed by atoms with Crippen molar-refractivity contribution in [1.29, 1.82) is 0 Å². The lowest BCUT2D eigenvalue weighted by atomic mass is 9.95. The van der Waals surface area contributed by atoms with Crippen LogP contribution in [0.3, 0.4) is 0 Å². The Bertz CT molecular complexity index is 566. The molecule has 4 N–H and O–H groups in total. The summed E-state index contributed by atoms with van der Waals surface area (Å²) in [5.74, 6) is -0.610. The number of anilines is 1. The van der Waals surface area contributed by atoms with Gasteiger partial charge in [0.05, 0.1) is 5.56 Å². The van der Waals surface area contributed by atoms with Gasteiger partial charge in [-0.25, -0.2) is 0 Å². The Kier molecular flexibility index (Phi) is 4.72. The van der Waals surface area contributed by atoms with E-state index in [1.807, 2.05) is 0 Å². The van der Waals surface area contributed by atoms with Crippen molar-refractivity contribution in [2.75, 3.05) is 5.32 Å². The van der Waals surface area contributed by atoms with Crippen LogP contribution in [0.5, 0.6) is 0 Å². The van der Waals surface area contributed by atoms with Crippen molar-refractivity contribution in [1.82, 2.24) is 5.32 Å². The van der Waals surface area contributed by atoms with E-state index < -0.39 is 5.91 Å². The van der Waals surface area contributed by atoms with Crippen LogP contribution in [-0.4, -0.2) is 16.9 Å². The third-order valence-electron chi connectivity index (χ3n) is 3.22. The molecule has 0 spiro atoms. The van der Waals surface area contributed by atoms with Crippen LogP contribution >= 0.6 is 23.6 Å². The first kappa shape index (κ1) is 14.9. The van der Waals surface area contributed by atoms with E-state index in [2.05, 4.69) is 10.6 Å². The van der Waals surface area contributed by atoms with E-state index in [-0.39, 0.29) is 11.0 Å². The van der Waals surface area contributed by atoms with Crippen LogP contribution in [0.25, 0.3) is 0 Å². The maximum Gasteiger partial charge on any atom is 0.251 e. The number of thiophene rings is 1. The van der Waals surface area contributed by atoms with E-state index >= 15 is 0 Å². The molecule has 0 fully saturated rings. The molecule has 0 atom stereocenters. The van der Waals surface area contributed by atoms with Gasteiger partial charge in [-0.2, -0.15) is 0 Å². The minimum atomic E-state index is -0.448. The molecule has 1 aliphatic carbocycles. The lowest BCUT2D eigenvalue weighted by Gasteiger charge is -2.11. The molecule has 1 aromatic heterocycles. The number of aryl methyl sites for hydroxylation is 1. The molecule has 0 aliphatic heterocycles. The van der Waals surface area contributed by atoms with Gasteiger partial charge in [-0.3, -0.25) is 9.59 Å². The van der Waals surface area contributed by atoms with Crippen molar-refractivity contribution in [2.24, 2.45) is 5.73 Å². The standard InChI is InChI=1S/C13H17N3O2S2/c1-2-9(17)15-13(19)16-12-10(11(14)18)7-5-3-4-6-8(7)20-12/h2-6H2,1H3,(H2,14,18)(H2,15,16,17,19). The molecule has 0 unspecified atom stereocenters. The van der Waals surface area contributed by atoms with Gasteiger partial charge in [0.1, 0.15) is 5.00 Å². The van der Waals surface area contributed by atoms with E-state index in [9.17, 15) is 9.59 Å². The van der Waals surface area contributed by atoms with Crippen molar-refractivity contribution in [2.45, 2.75) is 39.0 Å². The number of hydrogen-bond acceptors (Lipinski definition) is 4. The lowest BCUT2D eigenvalue weighted by molar-refractivity contribution is -0.119. The number of carbonyl (C=O) groups is 2. The molecule has 0 saturated carbocycles. The molecule has 108 valence electrons. The van der Waals surface area contributed by atoms with Gasteiger partial charge in [0.2, 0.25) is 5.91 Å². The molecule has 1 aliphatic rings. The number of primary amides is 1. The molecule has 1 aromatic rings. The van der Waals surface area contributed by atoms with E-state index in [4.69, 9.17) is 18.0 Å². The number of hydrogen-bond donors (Lipinski definition) is 3. The summed E-state index contributed by atoms with van der Waals surface area (Å²) in [6.45, 7) is 1.75. The van der Waals surface area contributed by atoms with Crippen molar-refractivity contribution in [3.05, 3.63) is 16.0 Å². The lowest BCUT2D eigenvalue weighted by Crippen LogP contribution is -2.33. The second-order valence-corrected chi connectivity index (χ2v) is 6.15. The number of amides is 2. The van der Waals surface area contributed by atoms with Gasteiger partial charge < -0.3 is 16.4 Å². The van der Waals surface area contributed by atoms with Gasteiger partial charge in [0, 0.05) is 11.3 Å². The second-order valence-electron chi connectivity index (χ2n) is 4.64. The summed E-state index contributed by atoms with van der Waals surface area (Å²) in [6.07, 6.45) is 4.39. The van der Waals surface area contributed by atoms with Crippen molar-refractivity contribution in [3.8, 4) is 0 Å². The fourth-order valence-corrected chi connectivity index (χ4v) is 3.84. The highest BCUT2D eigenvalue weighted by atomic mass is 32.1. The smallest absolute Gasteiger partial charge is 0.251 e. The number of nitrogens with one attached hydrogen (secondary N) is 2. The zero-order valence-corrected chi connectivity index (χ0v) is 12.9. The quantitative estimate of drug-likeness (QED) is 0.745. The first-order chi connectivity index (χ1) is 9.52. The van der Waals surface area contributed by atoms with Crippen molar-refractivity contribution >= 4 is 45.5 Å². The summed E-state index contributed by atoms with van der Waals surface area (Å²) < 4.78 is 0. The average Bonchev–Trinajstić information content (AvgIpc) is 2.75. The molecule has 7 heteroatoms. The molecule has 2 rings (SSSR count). The van der Waals surface area contributed by atoms with E-state index in [1.165, 1.54) is 16.2 Å². The number of nitrogens with two attached hydrogens (primary N) is 1. The third-order valence-corrected chi connectivity index (χ3v) is 4.63. The number of fused-ring (bicyclic) bond motifs is 1. The Labute approximate surface area is 126 Å². The third kappa shape index (κ3) is 3.16. The monoisotopic (exact) mass is 311 g/mol. The Morgan fingerprint density at radius 1 is 1.35 bits per heavy atom. The fraction of sp³-hybridized carbons (Fsp3) is 0.462. The van der Waals surface area contributed by atoms with E-state index in [0.29, 0.717) is 17.0 Å². The molecule has 1 heterocycles. The highest BCUT2D eigenvalue weighted by Crippen LogP contribution is 2.37. The predicted molar refractivity (Wildman–Crippen MR) is 84.1 cm³/mol. The first-order valence-electron chi connectivity index (χ1n) is 6.58. The molecule has 5 nitrogen and oxygen atoms in total. The van der Waals surface area contributed by atoms with Crippen molar-refractivity contribution in [3.63, 3.8) is 0 Å². The molecule has 20 heavy (non-hydrogen) atoms. The number of carbonyl (C=O) groups excluding carboxylic acids is 2. The minimum Gasteiger partial charge on any atom is -0.365 e. The van der Waals surface area contributed by atoms with Gasteiger partial charge in [-0.1, -0.05) is 6.92 Å². The van der Waals surface area contributed by atoms with Crippen LogP contribution in [0.2, 0.25) is 0 Å². The first-order valence-corrected chi connectivity index (χ1v) is 7.80. The van der Waals surface area contributed by atoms with Gasteiger partial charge in [0.25, 0.3) is 5.91 Å². The van der Waals surface area contributed by atoms with Crippen LogP contribution in [0.1, 0.15) is 47.0 Å². The van der Waals surface area contributed by atoms with E-state index in [1.54, 1.807) is 6.92 Å². The Morgan fingerprint density at radius 3 is 2.70 bits per heavy atom. The summed E-state index contributed by atoms with van der Waals surface area (Å²) >= 11 is 6.58. The Balaban J connectivity index is 2.23. The summed E-state index contributed by atoms with van der Waals surface area (Å²) in [5, 5.41) is 6.34. The maximum absolute atomic E-state index is 11.7. The number of rotatable bonds is 3. The van der Waals surface area contributed by atoms with Gasteiger partial charge in [-0.05, 0) is 43.5 Å². The Morgan fingerprint density at radius 2 is 2.05 bits per heavy atom. The van der Waals surface area contributed by atoms with Crippen LogP contribution in [0.4, 0.5) is 5.00 Å². The zero-order chi connectivity index (χ0) is 14.7. The van der Waals surface area contributed by atoms with Gasteiger partial charge >= 0.3 is 0 Å². The molecular weight excluding hydrogens is 294 g/mol. The van der Waals surface area contributed by atoms with Crippen LogP contribution in [0.15, 0.2) is 0 Å². The van der Waals surface area contributed by atoms with Gasteiger partial charge in [0.15, 0.2) is 5.11 Å². The molecule has 2 amide bonds. The molecule has 0 bridgehead atoms. The molecular formula is C13H17N3O2S2. The molecule has 0 aromatic carbocycles. The SMILES string of the molecule is CCC(=O)NC(=S)Nc1sc2c(c1C(N)=O)CCCC2. The summed E-state index contributed by atoms with van der Waals surface area (Å²) in [4.78, 5) is 24.2. The van der Waals surface area contributed by atoms with Crippen LogP contribution in [-0.2, 0) is 17.6 Å². The van der Waals surface area contributed by atoms with Crippen molar-refractivity contribution < 1.29 is 9.59 Å². The average molecular weight is 311 g/mol. The normalized spacial score (nSPS) is 13.4. The van der Waals surface area contributed by atoms with Crippen LogP contribution in [0, 0.1) is 0 Å². The molecule has 0 radical (unpaired) electrons. The van der Waals surface area contributed by atoms with Gasteiger partial charge in [-0.15, -0.1) is 11.3 Å². The topological polar surface area (TPSA) is 84.2 Å². The summed E-state index contributed by atoms with van der Waals surface area (Å²) in [7, 11) is 0. The largest absolute Gasteiger partial charge is 0.365 e. The predicted octanol–water partition coefficient (Wildman–Crippen LogP) is 1.95. The van der Waals surface area contributed by atoms with Crippen LogP contribution < -0.4 is 16.4 Å². The fourth-order valence-electron chi connectivity index (χ4n) is 2.26. The van der Waals surface area contributed by atoms with E-state index in [0.717, 1.165) is 31.2 Å². The molecule has 0 saturated heterocycles. The number of thiocarbonyl (C=S) groups is 1. The maximum atomic E-state index is 11.7. The summed E-state index contributed by atoms with van der Waals surface area (Å²) in [5.41, 5.74) is 7.05. The highest BCUT2D eigenvalue weighted by Gasteiger charge is 2.24. The second kappa shape index (κ2) is 6.32. The minimum absolute atomic E-state index is 0.163. The summed E-state index contributed by atoms with van der Waals surface area (Å²) in [6, 6.07) is 0. The highest BCUT2D eigenvalue weighted by molar-refractivity contribution is 7.80. The Hall–Kier alpha value is -1.47. The zero-order valence-electron chi connectivity index (χ0n) is 11.2.